The summed E-state index contributed by atoms with van der Waals surface area (Å²) in [5.74, 6) is 0. The monoisotopic (exact) mass is 333 g/mol. The summed E-state index contributed by atoms with van der Waals surface area (Å²) >= 11 is 0. The first-order chi connectivity index (χ1) is 11.3. The second-order valence-electron chi connectivity index (χ2n) is 6.83. The van der Waals surface area contributed by atoms with E-state index in [1.165, 1.54) is 10.8 Å². The average Bonchev–Trinajstić information content (AvgIpc) is 2.88. The van der Waals surface area contributed by atoms with Crippen LogP contribution in [0.25, 0.3) is 0 Å². The summed E-state index contributed by atoms with van der Waals surface area (Å²) in [5.41, 5.74) is 0.483. The number of aliphatic hydroxyl groups is 1. The maximum Gasteiger partial charge on any atom is 0.328 e. The van der Waals surface area contributed by atoms with Crippen LogP contribution < -0.4 is 11.2 Å². The van der Waals surface area contributed by atoms with Crippen molar-refractivity contribution in [2.24, 2.45) is 0 Å². The van der Waals surface area contributed by atoms with Gasteiger partial charge in [-0.05, 0) is 27.2 Å². The summed E-state index contributed by atoms with van der Waals surface area (Å²) in [6.07, 6.45) is 3.81. The van der Waals surface area contributed by atoms with Crippen molar-refractivity contribution in [3.63, 3.8) is 0 Å². The molecule has 2 atom stereocenters. The fourth-order valence-electron chi connectivity index (χ4n) is 3.40. The number of rotatable bonds is 3. The third kappa shape index (κ3) is 3.07. The lowest BCUT2D eigenvalue weighted by Crippen LogP contribution is -2.54. The molecule has 0 aromatic carbocycles. The molecular weight excluding hydrogens is 310 g/mol. The van der Waals surface area contributed by atoms with Crippen molar-refractivity contribution in [2.45, 2.75) is 45.4 Å². The van der Waals surface area contributed by atoms with Crippen molar-refractivity contribution in [1.82, 2.24) is 24.4 Å². The molecule has 1 fully saturated rings. The molecule has 2 aromatic rings. The van der Waals surface area contributed by atoms with Crippen LogP contribution in [0.2, 0.25) is 0 Å². The molecule has 3 N–H and O–H groups in total. The molecular formula is C16H23N5O3. The van der Waals surface area contributed by atoms with E-state index in [4.69, 9.17) is 0 Å². The molecule has 8 heteroatoms. The first-order valence-corrected chi connectivity index (χ1v) is 8.03. The number of hydrogen-bond acceptors (Lipinski definition) is 5. The smallest absolute Gasteiger partial charge is 0.328 e. The van der Waals surface area contributed by atoms with Gasteiger partial charge in [-0.15, -0.1) is 0 Å². The quantitative estimate of drug-likeness (QED) is 0.737. The van der Waals surface area contributed by atoms with Gasteiger partial charge in [0.15, 0.2) is 0 Å². The fraction of sp³-hybridized carbons (Fsp3) is 0.562. The predicted molar refractivity (Wildman–Crippen MR) is 88.9 cm³/mol. The molecule has 0 spiro atoms. The van der Waals surface area contributed by atoms with Crippen LogP contribution in [0.1, 0.15) is 36.3 Å². The number of imidazole rings is 1. The van der Waals surface area contributed by atoms with Gasteiger partial charge in [0, 0.05) is 37.1 Å². The second-order valence-corrected chi connectivity index (χ2v) is 6.83. The van der Waals surface area contributed by atoms with Gasteiger partial charge in [0.25, 0.3) is 5.56 Å². The van der Waals surface area contributed by atoms with E-state index in [1.807, 2.05) is 6.92 Å². The number of hydrogen-bond donors (Lipinski definition) is 3. The normalized spacial score (nSPS) is 25.1. The molecule has 0 unspecified atom stereocenters. The van der Waals surface area contributed by atoms with E-state index in [0.717, 1.165) is 17.9 Å². The minimum absolute atomic E-state index is 0.378. The van der Waals surface area contributed by atoms with Crippen LogP contribution in [0.5, 0.6) is 0 Å². The van der Waals surface area contributed by atoms with Crippen LogP contribution in [0, 0.1) is 13.8 Å². The zero-order valence-corrected chi connectivity index (χ0v) is 14.2. The van der Waals surface area contributed by atoms with E-state index in [-0.39, 0.29) is 11.6 Å². The summed E-state index contributed by atoms with van der Waals surface area (Å²) in [6.45, 7) is 7.16. The fourth-order valence-corrected chi connectivity index (χ4v) is 3.40. The van der Waals surface area contributed by atoms with E-state index in [2.05, 4.69) is 19.9 Å². The zero-order chi connectivity index (χ0) is 17.5. The third-order valence-electron chi connectivity index (χ3n) is 4.77. The Morgan fingerprint density at radius 1 is 1.42 bits per heavy atom. The van der Waals surface area contributed by atoms with Crippen molar-refractivity contribution < 1.29 is 5.11 Å². The van der Waals surface area contributed by atoms with Gasteiger partial charge in [-0.1, -0.05) is 0 Å². The lowest BCUT2D eigenvalue weighted by atomic mass is 9.88. The summed E-state index contributed by atoms with van der Waals surface area (Å²) in [5, 5.41) is 10.9. The number of aromatic amines is 2. The van der Waals surface area contributed by atoms with Gasteiger partial charge in [-0.2, -0.15) is 0 Å². The van der Waals surface area contributed by atoms with Crippen LogP contribution >= 0.6 is 0 Å². The number of likely N-dealkylation sites (tertiary alicyclic amines) is 1. The lowest BCUT2D eigenvalue weighted by Gasteiger charge is -2.43. The molecule has 0 aliphatic carbocycles. The number of H-pyrrole nitrogens is 2. The Labute approximate surface area is 139 Å². The molecule has 24 heavy (non-hydrogen) atoms. The summed E-state index contributed by atoms with van der Waals surface area (Å²) in [7, 11) is 0. The van der Waals surface area contributed by atoms with Gasteiger partial charge < -0.3 is 10.1 Å². The van der Waals surface area contributed by atoms with E-state index >= 15 is 0 Å². The molecule has 1 saturated heterocycles. The van der Waals surface area contributed by atoms with Crippen molar-refractivity contribution >= 4 is 0 Å². The van der Waals surface area contributed by atoms with Crippen LogP contribution in [-0.2, 0) is 6.54 Å². The van der Waals surface area contributed by atoms with Crippen molar-refractivity contribution in [2.75, 3.05) is 13.1 Å². The molecule has 130 valence electrons. The third-order valence-corrected chi connectivity index (χ3v) is 4.77. The van der Waals surface area contributed by atoms with E-state index < -0.39 is 11.3 Å². The van der Waals surface area contributed by atoms with Crippen LogP contribution in [0.4, 0.5) is 0 Å². The van der Waals surface area contributed by atoms with Gasteiger partial charge in [0.1, 0.15) is 0 Å². The molecule has 1 aliphatic rings. The Morgan fingerprint density at radius 3 is 2.79 bits per heavy atom. The topological polar surface area (TPSA) is 107 Å². The van der Waals surface area contributed by atoms with Crippen molar-refractivity contribution in [3.05, 3.63) is 50.3 Å². The molecule has 0 radical (unpaired) electrons. The Hall–Kier alpha value is -2.19. The summed E-state index contributed by atoms with van der Waals surface area (Å²) in [4.78, 5) is 35.5. The minimum Gasteiger partial charge on any atom is -0.387 e. The Morgan fingerprint density at radius 2 is 2.17 bits per heavy atom. The van der Waals surface area contributed by atoms with Gasteiger partial charge in [0.05, 0.1) is 23.7 Å². The van der Waals surface area contributed by atoms with Crippen LogP contribution in [0.15, 0.2) is 22.1 Å². The number of aromatic nitrogens is 4. The SMILES string of the molecule is Cc1[nH]cnc1CN1CC[C@H](n2cc(C)c(=O)[nH]c2=O)[C@@](C)(O)C1. The first kappa shape index (κ1) is 16.7. The molecule has 1 aliphatic heterocycles. The number of nitrogens with zero attached hydrogens (tertiary/aromatic N) is 3. The van der Waals surface area contributed by atoms with E-state index in [0.29, 0.717) is 25.1 Å². The van der Waals surface area contributed by atoms with Gasteiger partial charge >= 0.3 is 5.69 Å². The minimum atomic E-state index is -1.09. The number of piperidine rings is 1. The first-order valence-electron chi connectivity index (χ1n) is 8.03. The number of nitrogens with one attached hydrogen (secondary N) is 2. The Bertz CT molecular complexity index is 848. The highest BCUT2D eigenvalue weighted by molar-refractivity contribution is 5.10. The van der Waals surface area contributed by atoms with E-state index in [1.54, 1.807) is 20.2 Å². The largest absolute Gasteiger partial charge is 0.387 e. The summed E-state index contributed by atoms with van der Waals surface area (Å²) < 4.78 is 1.45. The Kier molecular flexibility index (Phi) is 4.18. The lowest BCUT2D eigenvalue weighted by molar-refractivity contribution is -0.0606. The molecule has 0 amide bonds. The van der Waals surface area contributed by atoms with Gasteiger partial charge in [-0.3, -0.25) is 19.2 Å². The second kappa shape index (κ2) is 6.03. The van der Waals surface area contributed by atoms with Crippen molar-refractivity contribution in [3.8, 4) is 0 Å². The zero-order valence-electron chi connectivity index (χ0n) is 14.2. The number of aryl methyl sites for hydroxylation is 2. The van der Waals surface area contributed by atoms with Crippen LogP contribution in [0.3, 0.4) is 0 Å². The Balaban J connectivity index is 1.82. The molecule has 0 bridgehead atoms. The van der Waals surface area contributed by atoms with E-state index in [9.17, 15) is 14.7 Å². The van der Waals surface area contributed by atoms with Gasteiger partial charge in [-0.25, -0.2) is 9.78 Å². The summed E-state index contributed by atoms with van der Waals surface area (Å²) in [6, 6.07) is -0.378. The molecule has 3 heterocycles. The van der Waals surface area contributed by atoms with Crippen LogP contribution in [-0.4, -0.2) is 48.2 Å². The molecule has 0 saturated carbocycles. The number of β-amino-alcohol motifs (C(OH)–C–C–N with tert-alkyl or cyclic N) is 1. The highest BCUT2D eigenvalue weighted by Crippen LogP contribution is 2.31. The van der Waals surface area contributed by atoms with Gasteiger partial charge in [0.2, 0.25) is 0 Å². The molecule has 3 rings (SSSR count). The standard InChI is InChI=1S/C16H23N5O3/c1-10-6-21(15(23)19-14(10)22)13-4-5-20(8-16(13,3)24)7-12-11(2)17-9-18-12/h6,9,13,24H,4-5,7-8H2,1-3H3,(H,17,18)(H,19,22,23)/t13-,16-/m0/s1. The molecule has 2 aromatic heterocycles. The maximum absolute atomic E-state index is 12.1. The predicted octanol–water partition coefficient (Wildman–Crippen LogP) is 0.0745. The van der Waals surface area contributed by atoms with Crippen molar-refractivity contribution in [1.29, 1.82) is 0 Å². The highest BCUT2D eigenvalue weighted by atomic mass is 16.3. The molecule has 8 nitrogen and oxygen atoms in total. The average molecular weight is 333 g/mol. The highest BCUT2D eigenvalue weighted by Gasteiger charge is 2.39. The maximum atomic E-state index is 12.1.